The van der Waals surface area contributed by atoms with Crippen LogP contribution in [0.2, 0.25) is 13.1 Å². The molecule has 1 radical (unpaired) electrons. The molecule has 0 aromatic rings. The van der Waals surface area contributed by atoms with Gasteiger partial charge < -0.3 is 5.32 Å². The summed E-state index contributed by atoms with van der Waals surface area (Å²) in [7, 11) is -0.717. The van der Waals surface area contributed by atoms with Crippen molar-refractivity contribution in [2.45, 2.75) is 32.0 Å². The minimum absolute atomic E-state index is 0.294. The third kappa shape index (κ3) is 2.18. The Balaban J connectivity index is 2.17. The molecule has 0 aliphatic heterocycles. The van der Waals surface area contributed by atoms with E-state index in [1.807, 2.05) is 13.1 Å². The summed E-state index contributed by atoms with van der Waals surface area (Å²) in [5.74, 6) is 0. The van der Waals surface area contributed by atoms with Gasteiger partial charge in [0.15, 0.2) is 14.3 Å². The van der Waals surface area contributed by atoms with E-state index < -0.39 is 8.80 Å². The Labute approximate surface area is 57.2 Å². The largest absolute Gasteiger partial charge is 0.358 e. The highest BCUT2D eigenvalue weighted by Gasteiger charge is 2.24. The van der Waals surface area contributed by atoms with Crippen LogP contribution in [-0.4, -0.2) is 20.4 Å². The van der Waals surface area contributed by atoms with Gasteiger partial charge in [-0.1, -0.05) is 13.1 Å². The first-order chi connectivity index (χ1) is 4.20. The van der Waals surface area contributed by atoms with E-state index in [1.54, 1.807) is 0 Å². The Morgan fingerprint density at radius 1 is 1.56 bits per heavy atom. The third-order valence-electron chi connectivity index (χ3n) is 1.37. The first kappa shape index (κ1) is 6.80. The molecule has 9 heavy (non-hydrogen) atoms. The lowest BCUT2D eigenvalue weighted by atomic mass is 10.7. The summed E-state index contributed by atoms with van der Waals surface area (Å²) in [4.78, 5) is 10.9. The summed E-state index contributed by atoms with van der Waals surface area (Å²) in [5.41, 5.74) is 0.294. The van der Waals surface area contributed by atoms with Crippen LogP contribution in [0.15, 0.2) is 0 Å². The molecule has 0 aromatic heterocycles. The van der Waals surface area contributed by atoms with Crippen molar-refractivity contribution in [1.29, 1.82) is 0 Å². The standard InChI is InChI=1S/C6H12NOSi/c1-9(2)6(8)7-5-3-4-5/h5H,3-4H2,1-2H3,(H,7,8). The molecule has 0 heterocycles. The van der Waals surface area contributed by atoms with Crippen LogP contribution in [0.3, 0.4) is 0 Å². The smallest absolute Gasteiger partial charge is 0.190 e. The molecule has 2 nitrogen and oxygen atoms in total. The van der Waals surface area contributed by atoms with E-state index in [9.17, 15) is 4.79 Å². The zero-order valence-electron chi connectivity index (χ0n) is 5.90. The molecule has 0 unspecified atom stereocenters. The predicted molar refractivity (Wildman–Crippen MR) is 39.0 cm³/mol. The Bertz CT molecular complexity index is 120. The summed E-state index contributed by atoms with van der Waals surface area (Å²) < 4.78 is 0. The Morgan fingerprint density at radius 2 is 2.11 bits per heavy atom. The van der Waals surface area contributed by atoms with E-state index in [0.717, 1.165) is 0 Å². The number of amides is 1. The van der Waals surface area contributed by atoms with Gasteiger partial charge >= 0.3 is 0 Å². The van der Waals surface area contributed by atoms with Crippen LogP contribution >= 0.6 is 0 Å². The Hall–Kier alpha value is -0.313. The van der Waals surface area contributed by atoms with Crippen molar-refractivity contribution >= 4 is 14.3 Å². The SMILES string of the molecule is C[Si](C)C(=O)NC1CC1. The van der Waals surface area contributed by atoms with E-state index in [0.29, 0.717) is 11.6 Å². The summed E-state index contributed by atoms with van der Waals surface area (Å²) in [5, 5.41) is 2.96. The number of hydrogen-bond acceptors (Lipinski definition) is 1. The zero-order chi connectivity index (χ0) is 6.85. The summed E-state index contributed by atoms with van der Waals surface area (Å²) in [6.45, 7) is 4.03. The zero-order valence-corrected chi connectivity index (χ0v) is 6.90. The lowest BCUT2D eigenvalue weighted by Gasteiger charge is -2.02. The van der Waals surface area contributed by atoms with E-state index >= 15 is 0 Å². The van der Waals surface area contributed by atoms with Gasteiger partial charge in [0.1, 0.15) is 0 Å². The van der Waals surface area contributed by atoms with Crippen LogP contribution in [0.5, 0.6) is 0 Å². The molecular formula is C6H12NOSi. The van der Waals surface area contributed by atoms with Gasteiger partial charge in [0.25, 0.3) is 0 Å². The molecule has 0 atom stereocenters. The van der Waals surface area contributed by atoms with Gasteiger partial charge in [0, 0.05) is 6.04 Å². The first-order valence-electron chi connectivity index (χ1n) is 3.31. The second-order valence-corrected chi connectivity index (χ2v) is 5.20. The molecule has 51 valence electrons. The summed E-state index contributed by atoms with van der Waals surface area (Å²) in [6, 6.07) is 0.539. The quantitative estimate of drug-likeness (QED) is 0.577. The Kier molecular flexibility index (Phi) is 1.90. The average molecular weight is 142 g/mol. The lowest BCUT2D eigenvalue weighted by molar-refractivity contribution is 0.258. The topological polar surface area (TPSA) is 29.1 Å². The number of nitrogens with one attached hydrogen (secondary N) is 1. The van der Waals surface area contributed by atoms with Gasteiger partial charge in [0.05, 0.1) is 0 Å². The molecule has 1 amide bonds. The summed E-state index contributed by atoms with van der Waals surface area (Å²) in [6.07, 6.45) is 2.39. The molecule has 0 bridgehead atoms. The van der Waals surface area contributed by atoms with Gasteiger partial charge in [-0.15, -0.1) is 0 Å². The van der Waals surface area contributed by atoms with E-state index in [-0.39, 0.29) is 0 Å². The van der Waals surface area contributed by atoms with Crippen LogP contribution < -0.4 is 5.32 Å². The minimum atomic E-state index is -0.717. The van der Waals surface area contributed by atoms with Gasteiger partial charge in [-0.3, -0.25) is 4.79 Å². The fourth-order valence-electron chi connectivity index (χ4n) is 0.557. The second kappa shape index (κ2) is 2.52. The molecule has 1 N–H and O–H groups in total. The van der Waals surface area contributed by atoms with E-state index in [1.165, 1.54) is 12.8 Å². The highest BCUT2D eigenvalue weighted by Crippen LogP contribution is 2.18. The molecule has 1 rings (SSSR count). The van der Waals surface area contributed by atoms with Crippen molar-refractivity contribution in [2.75, 3.05) is 0 Å². The van der Waals surface area contributed by atoms with Crippen LogP contribution in [-0.2, 0) is 0 Å². The van der Waals surface area contributed by atoms with E-state index in [4.69, 9.17) is 0 Å². The van der Waals surface area contributed by atoms with Crippen LogP contribution in [0.25, 0.3) is 0 Å². The normalized spacial score (nSPS) is 18.1. The maximum Gasteiger partial charge on any atom is 0.190 e. The predicted octanol–water partition coefficient (Wildman–Crippen LogP) is 1.19. The van der Waals surface area contributed by atoms with Gasteiger partial charge in [-0.25, -0.2) is 0 Å². The molecule has 1 fully saturated rings. The molecular weight excluding hydrogens is 130 g/mol. The van der Waals surface area contributed by atoms with Gasteiger partial charge in [-0.05, 0) is 12.8 Å². The molecule has 0 aromatic carbocycles. The highest BCUT2D eigenvalue weighted by atomic mass is 28.3. The van der Waals surface area contributed by atoms with Gasteiger partial charge in [-0.2, -0.15) is 0 Å². The van der Waals surface area contributed by atoms with Gasteiger partial charge in [0.2, 0.25) is 0 Å². The highest BCUT2D eigenvalue weighted by molar-refractivity contribution is 6.87. The summed E-state index contributed by atoms with van der Waals surface area (Å²) >= 11 is 0. The molecule has 1 aliphatic rings. The minimum Gasteiger partial charge on any atom is -0.358 e. The molecule has 3 heteroatoms. The fraction of sp³-hybridized carbons (Fsp3) is 0.833. The van der Waals surface area contributed by atoms with Crippen molar-refractivity contribution < 1.29 is 4.79 Å². The first-order valence-corrected chi connectivity index (χ1v) is 5.81. The molecule has 1 aliphatic carbocycles. The van der Waals surface area contributed by atoms with Crippen molar-refractivity contribution in [3.63, 3.8) is 0 Å². The molecule has 0 spiro atoms. The van der Waals surface area contributed by atoms with Crippen LogP contribution in [0, 0.1) is 0 Å². The monoisotopic (exact) mass is 142 g/mol. The van der Waals surface area contributed by atoms with Crippen LogP contribution in [0.1, 0.15) is 12.8 Å². The van der Waals surface area contributed by atoms with Crippen LogP contribution in [0.4, 0.5) is 4.79 Å². The number of rotatable bonds is 2. The van der Waals surface area contributed by atoms with Crippen molar-refractivity contribution in [3.05, 3.63) is 0 Å². The lowest BCUT2D eigenvalue weighted by Crippen LogP contribution is -2.33. The number of carbonyl (C=O) groups is 1. The third-order valence-corrected chi connectivity index (χ3v) is 2.42. The Morgan fingerprint density at radius 3 is 2.44 bits per heavy atom. The maximum atomic E-state index is 10.9. The second-order valence-electron chi connectivity index (χ2n) is 2.75. The van der Waals surface area contributed by atoms with Crippen molar-refractivity contribution in [2.24, 2.45) is 0 Å². The van der Waals surface area contributed by atoms with Crippen molar-refractivity contribution in [1.82, 2.24) is 5.32 Å². The fourth-order valence-corrected chi connectivity index (χ4v) is 1.05. The van der Waals surface area contributed by atoms with E-state index in [2.05, 4.69) is 5.32 Å². The number of hydrogen-bond donors (Lipinski definition) is 1. The molecule has 1 saturated carbocycles. The molecule has 0 saturated heterocycles. The number of carbonyl (C=O) groups excluding carboxylic acids is 1. The maximum absolute atomic E-state index is 10.9. The average Bonchev–Trinajstić information content (AvgIpc) is 2.50. The van der Waals surface area contributed by atoms with Crippen molar-refractivity contribution in [3.8, 4) is 0 Å².